The minimum absolute atomic E-state index is 0.262. The number of carbonyl (C=O) groups is 1. The number of nitrogens with one attached hydrogen (secondary N) is 1. The molecule has 0 aliphatic rings. The molecule has 0 saturated heterocycles. The molecule has 1 aromatic heterocycles. The van der Waals surface area contributed by atoms with Gasteiger partial charge in [-0.05, 0) is 48.9 Å². The zero-order chi connectivity index (χ0) is 20.6. The van der Waals surface area contributed by atoms with Crippen LogP contribution in [0.15, 0.2) is 60.7 Å². The molecule has 0 bridgehead atoms. The van der Waals surface area contributed by atoms with Gasteiger partial charge in [-0.25, -0.2) is 0 Å². The van der Waals surface area contributed by atoms with Crippen molar-refractivity contribution in [1.29, 1.82) is 0 Å². The molecular weight excluding hydrogens is 368 g/mol. The van der Waals surface area contributed by atoms with Gasteiger partial charge in [-0.1, -0.05) is 24.3 Å². The summed E-state index contributed by atoms with van der Waals surface area (Å²) >= 11 is 0. The standard InChI is InChI=1S/C22H24N4O3/c1-4-26(17-8-6-5-7-9-17)21-13-11-18(24-25-21)22(27)23-15-16-10-12-19(28-2)20(14-16)29-3/h5-14H,4,15H2,1-3H3,(H,23,27). The van der Waals surface area contributed by atoms with Gasteiger partial charge in [0.25, 0.3) is 5.91 Å². The predicted molar refractivity (Wildman–Crippen MR) is 112 cm³/mol. The van der Waals surface area contributed by atoms with Crippen molar-refractivity contribution in [3.8, 4) is 11.5 Å². The average Bonchev–Trinajstić information content (AvgIpc) is 2.79. The second kappa shape index (κ2) is 9.54. The molecular formula is C22H24N4O3. The molecule has 0 spiro atoms. The fourth-order valence-electron chi connectivity index (χ4n) is 2.94. The molecule has 0 saturated carbocycles. The summed E-state index contributed by atoms with van der Waals surface area (Å²) in [7, 11) is 3.16. The average molecular weight is 392 g/mol. The molecule has 3 rings (SSSR count). The summed E-state index contributed by atoms with van der Waals surface area (Å²) in [5.74, 6) is 1.66. The molecule has 1 amide bonds. The van der Waals surface area contributed by atoms with E-state index in [-0.39, 0.29) is 11.6 Å². The molecule has 7 heteroatoms. The Balaban J connectivity index is 1.66. The SMILES string of the molecule is CCN(c1ccccc1)c1ccc(C(=O)NCc2ccc(OC)c(OC)c2)nn1. The number of amides is 1. The Morgan fingerprint density at radius 3 is 2.34 bits per heavy atom. The number of methoxy groups -OCH3 is 2. The molecule has 0 aliphatic heterocycles. The molecule has 150 valence electrons. The first-order valence-electron chi connectivity index (χ1n) is 9.31. The molecule has 2 aromatic carbocycles. The van der Waals surface area contributed by atoms with E-state index in [4.69, 9.17) is 9.47 Å². The van der Waals surface area contributed by atoms with Crippen LogP contribution in [0.25, 0.3) is 0 Å². The van der Waals surface area contributed by atoms with Crippen molar-refractivity contribution in [2.45, 2.75) is 13.5 Å². The van der Waals surface area contributed by atoms with Crippen LogP contribution in [-0.4, -0.2) is 36.9 Å². The highest BCUT2D eigenvalue weighted by Crippen LogP contribution is 2.27. The van der Waals surface area contributed by atoms with Crippen LogP contribution < -0.4 is 19.7 Å². The van der Waals surface area contributed by atoms with Crippen molar-refractivity contribution in [1.82, 2.24) is 15.5 Å². The molecule has 29 heavy (non-hydrogen) atoms. The Bertz CT molecular complexity index is 946. The number of aromatic nitrogens is 2. The topological polar surface area (TPSA) is 76.6 Å². The van der Waals surface area contributed by atoms with E-state index in [1.165, 1.54) is 0 Å². The fraction of sp³-hybridized carbons (Fsp3) is 0.227. The summed E-state index contributed by atoms with van der Waals surface area (Å²) in [5.41, 5.74) is 2.18. The first-order chi connectivity index (χ1) is 14.2. The van der Waals surface area contributed by atoms with Crippen LogP contribution >= 0.6 is 0 Å². The molecule has 0 radical (unpaired) electrons. The Kier molecular flexibility index (Phi) is 6.63. The third-order valence-electron chi connectivity index (χ3n) is 4.44. The van der Waals surface area contributed by atoms with E-state index >= 15 is 0 Å². The molecule has 7 nitrogen and oxygen atoms in total. The zero-order valence-electron chi connectivity index (χ0n) is 16.8. The fourth-order valence-corrected chi connectivity index (χ4v) is 2.94. The van der Waals surface area contributed by atoms with Gasteiger partial charge in [0.05, 0.1) is 14.2 Å². The summed E-state index contributed by atoms with van der Waals surface area (Å²) in [5, 5.41) is 11.2. The summed E-state index contributed by atoms with van der Waals surface area (Å²) in [6.07, 6.45) is 0. The number of ether oxygens (including phenoxy) is 2. The summed E-state index contributed by atoms with van der Waals surface area (Å²) in [6, 6.07) is 18.9. The number of anilines is 2. The van der Waals surface area contributed by atoms with Gasteiger partial charge in [0.2, 0.25) is 0 Å². The monoisotopic (exact) mass is 392 g/mol. The van der Waals surface area contributed by atoms with Crippen molar-refractivity contribution in [2.75, 3.05) is 25.7 Å². The molecule has 0 atom stereocenters. The van der Waals surface area contributed by atoms with Gasteiger partial charge in [-0.15, -0.1) is 10.2 Å². The van der Waals surface area contributed by atoms with E-state index in [2.05, 4.69) is 15.5 Å². The maximum atomic E-state index is 12.4. The largest absolute Gasteiger partial charge is 0.493 e. The Morgan fingerprint density at radius 1 is 0.966 bits per heavy atom. The third-order valence-corrected chi connectivity index (χ3v) is 4.44. The van der Waals surface area contributed by atoms with E-state index in [1.54, 1.807) is 32.4 Å². The number of rotatable bonds is 8. The third kappa shape index (κ3) is 4.82. The zero-order valence-corrected chi connectivity index (χ0v) is 16.8. The quantitative estimate of drug-likeness (QED) is 0.631. The molecule has 0 aliphatic carbocycles. The van der Waals surface area contributed by atoms with Crippen LogP contribution in [-0.2, 0) is 6.54 Å². The van der Waals surface area contributed by atoms with Crippen molar-refractivity contribution in [2.24, 2.45) is 0 Å². The van der Waals surface area contributed by atoms with Crippen molar-refractivity contribution in [3.05, 3.63) is 71.9 Å². The molecule has 3 aromatic rings. The van der Waals surface area contributed by atoms with E-state index in [1.807, 2.05) is 54.3 Å². The van der Waals surface area contributed by atoms with Gasteiger partial charge in [-0.2, -0.15) is 0 Å². The minimum Gasteiger partial charge on any atom is -0.493 e. The lowest BCUT2D eigenvalue weighted by Gasteiger charge is -2.21. The lowest BCUT2D eigenvalue weighted by molar-refractivity contribution is 0.0945. The number of carbonyl (C=O) groups excluding carboxylic acids is 1. The van der Waals surface area contributed by atoms with Gasteiger partial charge in [0, 0.05) is 18.8 Å². The Hall–Kier alpha value is -3.61. The summed E-state index contributed by atoms with van der Waals surface area (Å²) in [4.78, 5) is 14.5. The smallest absolute Gasteiger partial charge is 0.272 e. The van der Waals surface area contributed by atoms with E-state index in [9.17, 15) is 4.79 Å². The van der Waals surface area contributed by atoms with Crippen molar-refractivity contribution in [3.63, 3.8) is 0 Å². The molecule has 1 N–H and O–H groups in total. The normalized spacial score (nSPS) is 10.3. The first kappa shape index (κ1) is 20.1. The number of hydrogen-bond donors (Lipinski definition) is 1. The maximum Gasteiger partial charge on any atom is 0.272 e. The van der Waals surface area contributed by atoms with Crippen molar-refractivity contribution >= 4 is 17.4 Å². The molecule has 0 fully saturated rings. The molecule has 1 heterocycles. The van der Waals surface area contributed by atoms with E-state index in [0.29, 0.717) is 23.9 Å². The van der Waals surface area contributed by atoms with Gasteiger partial charge >= 0.3 is 0 Å². The predicted octanol–water partition coefficient (Wildman–Crippen LogP) is 3.58. The van der Waals surface area contributed by atoms with E-state index in [0.717, 1.165) is 17.8 Å². The van der Waals surface area contributed by atoms with Crippen LogP contribution in [0.4, 0.5) is 11.5 Å². The van der Waals surface area contributed by atoms with Gasteiger partial charge in [-0.3, -0.25) is 4.79 Å². The number of nitrogens with zero attached hydrogens (tertiary/aromatic N) is 3. The van der Waals surface area contributed by atoms with Crippen LogP contribution in [0.3, 0.4) is 0 Å². The van der Waals surface area contributed by atoms with Crippen LogP contribution in [0, 0.1) is 0 Å². The van der Waals surface area contributed by atoms with Crippen molar-refractivity contribution < 1.29 is 14.3 Å². The van der Waals surface area contributed by atoms with Crippen LogP contribution in [0.5, 0.6) is 11.5 Å². The highest BCUT2D eigenvalue weighted by atomic mass is 16.5. The highest BCUT2D eigenvalue weighted by molar-refractivity contribution is 5.92. The van der Waals surface area contributed by atoms with E-state index < -0.39 is 0 Å². The number of hydrogen-bond acceptors (Lipinski definition) is 6. The summed E-state index contributed by atoms with van der Waals surface area (Å²) < 4.78 is 10.5. The first-order valence-corrected chi connectivity index (χ1v) is 9.31. The van der Waals surface area contributed by atoms with Gasteiger partial charge < -0.3 is 19.7 Å². The highest BCUT2D eigenvalue weighted by Gasteiger charge is 2.13. The maximum absolute atomic E-state index is 12.4. The number of benzene rings is 2. The summed E-state index contributed by atoms with van der Waals surface area (Å²) in [6.45, 7) is 3.12. The second-order valence-corrected chi connectivity index (χ2v) is 6.23. The second-order valence-electron chi connectivity index (χ2n) is 6.23. The van der Waals surface area contributed by atoms with Gasteiger partial charge in [0.1, 0.15) is 0 Å². The Morgan fingerprint density at radius 2 is 1.72 bits per heavy atom. The Labute approximate surface area is 170 Å². The lowest BCUT2D eigenvalue weighted by Crippen LogP contribution is -2.25. The number of para-hydroxylation sites is 1. The van der Waals surface area contributed by atoms with Crippen LogP contribution in [0.1, 0.15) is 23.0 Å². The lowest BCUT2D eigenvalue weighted by atomic mass is 10.2. The van der Waals surface area contributed by atoms with Crippen LogP contribution in [0.2, 0.25) is 0 Å². The van der Waals surface area contributed by atoms with Gasteiger partial charge in [0.15, 0.2) is 23.0 Å². The minimum atomic E-state index is -0.290. The molecule has 0 unspecified atom stereocenters.